The van der Waals surface area contributed by atoms with Gasteiger partial charge in [-0.25, -0.2) is 0 Å². The molecular formula is C27H27N3O4. The second-order valence-corrected chi connectivity index (χ2v) is 7.97. The van der Waals surface area contributed by atoms with Crippen LogP contribution in [0.1, 0.15) is 50.5 Å². The zero-order chi connectivity index (χ0) is 24.5. The van der Waals surface area contributed by atoms with Crippen molar-refractivity contribution in [3.8, 4) is 0 Å². The third-order valence-corrected chi connectivity index (χ3v) is 5.09. The Kier molecular flexibility index (Phi) is 8.29. The number of carbonyl (C=O) groups excluding carboxylic acids is 4. The van der Waals surface area contributed by atoms with Crippen molar-refractivity contribution in [1.29, 1.82) is 0 Å². The number of hydrogen-bond acceptors (Lipinski definition) is 4. The second-order valence-electron chi connectivity index (χ2n) is 7.97. The topological polar surface area (TPSA) is 104 Å². The molecule has 0 saturated carbocycles. The molecule has 3 aromatic carbocycles. The third-order valence-electron chi connectivity index (χ3n) is 5.09. The minimum absolute atomic E-state index is 0.0972. The van der Waals surface area contributed by atoms with Crippen LogP contribution in [-0.2, 0) is 4.79 Å². The highest BCUT2D eigenvalue weighted by Gasteiger charge is 2.17. The van der Waals surface area contributed by atoms with Crippen molar-refractivity contribution in [2.24, 2.45) is 5.92 Å². The first kappa shape index (κ1) is 24.4. The maximum atomic E-state index is 12.8. The standard InChI is InChI=1S/C27H27N3O4/c1-18(2)25(32)30-21-14-12-20(13-15-21)26(33)28-16-17-29-27(34)23-11-7-6-10-22(23)24(31)19-8-4-3-5-9-19/h3-15,18H,16-17H2,1-2H3,(H,28,33)(H,29,34)(H,30,32). The molecule has 0 fully saturated rings. The van der Waals surface area contributed by atoms with Crippen molar-refractivity contribution in [1.82, 2.24) is 10.6 Å². The lowest BCUT2D eigenvalue weighted by molar-refractivity contribution is -0.118. The number of anilines is 1. The fourth-order valence-electron chi connectivity index (χ4n) is 3.17. The Balaban J connectivity index is 1.52. The average molecular weight is 458 g/mol. The zero-order valence-corrected chi connectivity index (χ0v) is 19.1. The van der Waals surface area contributed by atoms with Crippen LogP contribution in [0.15, 0.2) is 78.9 Å². The molecule has 3 N–H and O–H groups in total. The van der Waals surface area contributed by atoms with Crippen LogP contribution in [0, 0.1) is 5.92 Å². The van der Waals surface area contributed by atoms with Crippen LogP contribution in [0.3, 0.4) is 0 Å². The smallest absolute Gasteiger partial charge is 0.252 e. The highest BCUT2D eigenvalue weighted by Crippen LogP contribution is 2.15. The Morgan fingerprint density at radius 3 is 1.82 bits per heavy atom. The summed E-state index contributed by atoms with van der Waals surface area (Å²) in [5, 5.41) is 8.25. The Morgan fingerprint density at radius 2 is 1.21 bits per heavy atom. The Bertz CT molecular complexity index is 1170. The molecule has 0 radical (unpaired) electrons. The number of ketones is 1. The monoisotopic (exact) mass is 457 g/mol. The predicted octanol–water partition coefficient (Wildman–Crippen LogP) is 3.67. The first-order valence-electron chi connectivity index (χ1n) is 11.0. The first-order chi connectivity index (χ1) is 16.4. The van der Waals surface area contributed by atoms with Crippen LogP contribution in [0.2, 0.25) is 0 Å². The van der Waals surface area contributed by atoms with Crippen molar-refractivity contribution in [3.63, 3.8) is 0 Å². The van der Waals surface area contributed by atoms with Gasteiger partial charge in [0, 0.05) is 41.4 Å². The average Bonchev–Trinajstić information content (AvgIpc) is 2.86. The minimum Gasteiger partial charge on any atom is -0.350 e. The first-order valence-corrected chi connectivity index (χ1v) is 11.0. The molecule has 3 amide bonds. The summed E-state index contributed by atoms with van der Waals surface area (Å²) in [5.74, 6) is -1.15. The van der Waals surface area contributed by atoms with E-state index < -0.39 is 0 Å². The molecule has 0 aromatic heterocycles. The molecule has 0 aliphatic heterocycles. The molecule has 0 unspecified atom stereocenters. The van der Waals surface area contributed by atoms with Crippen molar-refractivity contribution in [3.05, 3.63) is 101 Å². The maximum absolute atomic E-state index is 12.8. The summed E-state index contributed by atoms with van der Waals surface area (Å²) in [7, 11) is 0. The molecule has 7 heteroatoms. The normalized spacial score (nSPS) is 10.4. The van der Waals surface area contributed by atoms with Crippen molar-refractivity contribution in [2.75, 3.05) is 18.4 Å². The molecule has 3 aromatic rings. The molecule has 0 heterocycles. The molecule has 174 valence electrons. The maximum Gasteiger partial charge on any atom is 0.252 e. The fraction of sp³-hybridized carbons (Fsp3) is 0.185. The lowest BCUT2D eigenvalue weighted by Gasteiger charge is -2.11. The Morgan fingerprint density at radius 1 is 0.647 bits per heavy atom. The molecule has 0 spiro atoms. The molecule has 0 atom stereocenters. The zero-order valence-electron chi connectivity index (χ0n) is 19.1. The van der Waals surface area contributed by atoms with Gasteiger partial charge in [0.25, 0.3) is 11.8 Å². The van der Waals surface area contributed by atoms with E-state index >= 15 is 0 Å². The molecular weight excluding hydrogens is 430 g/mol. The molecule has 0 aliphatic carbocycles. The number of hydrogen-bond donors (Lipinski definition) is 3. The summed E-state index contributed by atoms with van der Waals surface area (Å²) in [6.45, 7) is 4.01. The Hall–Kier alpha value is -4.26. The van der Waals surface area contributed by atoms with Crippen LogP contribution in [0.5, 0.6) is 0 Å². The van der Waals surface area contributed by atoms with E-state index in [0.717, 1.165) is 0 Å². The van der Waals surface area contributed by atoms with Gasteiger partial charge in [-0.1, -0.05) is 62.4 Å². The van der Waals surface area contributed by atoms with Gasteiger partial charge >= 0.3 is 0 Å². The van der Waals surface area contributed by atoms with Crippen LogP contribution in [0.4, 0.5) is 5.69 Å². The third kappa shape index (κ3) is 6.38. The molecule has 3 rings (SSSR count). The number of amides is 3. The summed E-state index contributed by atoms with van der Waals surface area (Å²) >= 11 is 0. The van der Waals surface area contributed by atoms with E-state index in [1.54, 1.807) is 86.6 Å². The van der Waals surface area contributed by atoms with Gasteiger partial charge in [-0.15, -0.1) is 0 Å². The number of nitrogens with one attached hydrogen (secondary N) is 3. The molecule has 0 saturated heterocycles. The van der Waals surface area contributed by atoms with E-state index in [1.165, 1.54) is 0 Å². The fourth-order valence-corrected chi connectivity index (χ4v) is 3.17. The van der Waals surface area contributed by atoms with Gasteiger partial charge < -0.3 is 16.0 Å². The number of benzene rings is 3. The Labute approximate surface area is 198 Å². The highest BCUT2D eigenvalue weighted by molar-refractivity contribution is 6.15. The summed E-state index contributed by atoms with van der Waals surface area (Å²) in [6.07, 6.45) is 0. The highest BCUT2D eigenvalue weighted by atomic mass is 16.2. The van der Waals surface area contributed by atoms with E-state index in [1.807, 2.05) is 6.07 Å². The van der Waals surface area contributed by atoms with Crippen molar-refractivity contribution < 1.29 is 19.2 Å². The van der Waals surface area contributed by atoms with E-state index in [2.05, 4.69) is 16.0 Å². The lowest BCUT2D eigenvalue weighted by atomic mass is 9.98. The van der Waals surface area contributed by atoms with Gasteiger partial charge in [-0.05, 0) is 30.3 Å². The predicted molar refractivity (Wildman–Crippen MR) is 131 cm³/mol. The minimum atomic E-state index is -0.389. The van der Waals surface area contributed by atoms with E-state index in [0.29, 0.717) is 22.4 Å². The van der Waals surface area contributed by atoms with Crippen LogP contribution < -0.4 is 16.0 Å². The largest absolute Gasteiger partial charge is 0.350 e. The molecule has 34 heavy (non-hydrogen) atoms. The SMILES string of the molecule is CC(C)C(=O)Nc1ccc(C(=O)NCCNC(=O)c2ccccc2C(=O)c2ccccc2)cc1. The number of carbonyl (C=O) groups is 4. The van der Waals surface area contributed by atoms with Gasteiger partial charge in [0.2, 0.25) is 5.91 Å². The van der Waals surface area contributed by atoms with Crippen LogP contribution in [0.25, 0.3) is 0 Å². The lowest BCUT2D eigenvalue weighted by Crippen LogP contribution is -2.35. The summed E-state index contributed by atoms with van der Waals surface area (Å²) in [4.78, 5) is 49.6. The van der Waals surface area contributed by atoms with E-state index in [-0.39, 0.29) is 48.1 Å². The molecule has 0 aliphatic rings. The quantitative estimate of drug-likeness (QED) is 0.337. The van der Waals surface area contributed by atoms with Crippen molar-refractivity contribution in [2.45, 2.75) is 13.8 Å². The van der Waals surface area contributed by atoms with Crippen LogP contribution in [-0.4, -0.2) is 36.6 Å². The second kappa shape index (κ2) is 11.6. The molecule has 0 bridgehead atoms. The van der Waals surface area contributed by atoms with Gasteiger partial charge in [0.15, 0.2) is 5.78 Å². The summed E-state index contributed by atoms with van der Waals surface area (Å²) in [5.41, 5.74) is 2.16. The van der Waals surface area contributed by atoms with Gasteiger partial charge in [-0.3, -0.25) is 19.2 Å². The van der Waals surface area contributed by atoms with Gasteiger partial charge in [-0.2, -0.15) is 0 Å². The van der Waals surface area contributed by atoms with E-state index in [4.69, 9.17) is 0 Å². The molecule has 7 nitrogen and oxygen atoms in total. The summed E-state index contributed by atoms with van der Waals surface area (Å²) < 4.78 is 0. The number of rotatable bonds is 9. The van der Waals surface area contributed by atoms with E-state index in [9.17, 15) is 19.2 Å². The van der Waals surface area contributed by atoms with Crippen molar-refractivity contribution >= 4 is 29.2 Å². The van der Waals surface area contributed by atoms with Gasteiger partial charge in [0.05, 0.1) is 5.56 Å². The van der Waals surface area contributed by atoms with Gasteiger partial charge in [0.1, 0.15) is 0 Å². The summed E-state index contributed by atoms with van der Waals surface area (Å²) in [6, 6.07) is 22.0. The van der Waals surface area contributed by atoms with Crippen LogP contribution >= 0.6 is 0 Å².